The summed E-state index contributed by atoms with van der Waals surface area (Å²) in [5.41, 5.74) is -1.56. The first-order chi connectivity index (χ1) is 23.9. The number of amides is 4. The molecular formula is C29H30Cl2N8O11S. The summed E-state index contributed by atoms with van der Waals surface area (Å²) >= 11 is 11.8. The van der Waals surface area contributed by atoms with E-state index in [1.54, 1.807) is 4.72 Å². The van der Waals surface area contributed by atoms with E-state index in [-0.39, 0.29) is 51.8 Å². The van der Waals surface area contributed by atoms with Gasteiger partial charge < -0.3 is 29.9 Å². The average molecular weight is 770 g/mol. The number of hydrogen-bond donors (Lipinski definition) is 5. The number of urea groups is 1. The molecule has 0 aliphatic carbocycles. The first kappa shape index (κ1) is 39.7. The molecular weight excluding hydrogens is 739 g/mol. The topological polar surface area (TPSA) is 259 Å². The van der Waals surface area contributed by atoms with Gasteiger partial charge in [0.2, 0.25) is 24.1 Å². The van der Waals surface area contributed by atoms with Gasteiger partial charge in [-0.1, -0.05) is 23.2 Å². The van der Waals surface area contributed by atoms with Gasteiger partial charge in [-0.2, -0.15) is 15.1 Å². The Labute approximate surface area is 300 Å². The SMILES string of the molecule is CC1(C(=O)O)CC(C(=O)O)=NN1c1ccc(Cl)cc1Cl.COc1cc(OC)nc(NC(=O)NS(=O)(=O)c2cc(NC=O)ccc2C(=O)N(C)C)n1. The maximum absolute atomic E-state index is 12.8. The van der Waals surface area contributed by atoms with Crippen LogP contribution in [-0.2, 0) is 24.4 Å². The van der Waals surface area contributed by atoms with Crippen LogP contribution in [0.5, 0.6) is 11.8 Å². The van der Waals surface area contributed by atoms with Crippen LogP contribution in [-0.4, -0.2) is 103 Å². The summed E-state index contributed by atoms with van der Waals surface area (Å²) in [6.45, 7) is 1.39. The van der Waals surface area contributed by atoms with Crippen molar-refractivity contribution in [2.45, 2.75) is 23.8 Å². The molecule has 0 radical (unpaired) electrons. The zero-order valence-corrected chi connectivity index (χ0v) is 29.6. The molecule has 1 unspecified atom stereocenters. The predicted molar refractivity (Wildman–Crippen MR) is 183 cm³/mol. The lowest BCUT2D eigenvalue weighted by Gasteiger charge is -2.30. The number of ether oxygens (including phenoxy) is 2. The van der Waals surface area contributed by atoms with Crippen LogP contribution in [0.1, 0.15) is 23.7 Å². The van der Waals surface area contributed by atoms with Gasteiger partial charge in [-0.15, -0.1) is 0 Å². The summed E-state index contributed by atoms with van der Waals surface area (Å²) in [4.78, 5) is 66.3. The Kier molecular flexibility index (Phi) is 12.7. The van der Waals surface area contributed by atoms with E-state index in [2.05, 4.69) is 25.7 Å². The van der Waals surface area contributed by atoms with Gasteiger partial charge in [0.1, 0.15) is 10.6 Å². The number of methoxy groups -OCH3 is 2. The van der Waals surface area contributed by atoms with Gasteiger partial charge in [0.05, 0.1) is 36.6 Å². The molecule has 0 saturated heterocycles. The fourth-order valence-electron chi connectivity index (χ4n) is 4.22. The highest BCUT2D eigenvalue weighted by Gasteiger charge is 2.48. The Bertz CT molecular complexity index is 1990. The Hall–Kier alpha value is -5.73. The quantitative estimate of drug-likeness (QED) is 0.176. The van der Waals surface area contributed by atoms with Crippen LogP contribution in [0.3, 0.4) is 0 Å². The van der Waals surface area contributed by atoms with Crippen LogP contribution in [0.15, 0.2) is 52.5 Å². The first-order valence-electron chi connectivity index (χ1n) is 14.0. The lowest BCUT2D eigenvalue weighted by molar-refractivity contribution is -0.142. The van der Waals surface area contributed by atoms with Gasteiger partial charge in [-0.25, -0.2) is 32.5 Å². The van der Waals surface area contributed by atoms with E-state index < -0.39 is 44.3 Å². The number of rotatable bonds is 11. The molecule has 19 nitrogen and oxygen atoms in total. The molecule has 51 heavy (non-hydrogen) atoms. The van der Waals surface area contributed by atoms with Crippen molar-refractivity contribution in [1.29, 1.82) is 0 Å². The maximum Gasteiger partial charge on any atom is 0.352 e. The van der Waals surface area contributed by atoms with Gasteiger partial charge in [0, 0.05) is 31.2 Å². The molecule has 22 heteroatoms. The van der Waals surface area contributed by atoms with Crippen LogP contribution in [0.2, 0.25) is 10.0 Å². The van der Waals surface area contributed by atoms with E-state index in [9.17, 15) is 37.5 Å². The molecule has 0 spiro atoms. The van der Waals surface area contributed by atoms with Crippen LogP contribution in [0, 0.1) is 0 Å². The second-order valence-electron chi connectivity index (χ2n) is 10.5. The third-order valence-electron chi connectivity index (χ3n) is 6.73. The van der Waals surface area contributed by atoms with E-state index in [1.807, 2.05) is 0 Å². The highest BCUT2D eigenvalue weighted by Crippen LogP contribution is 2.38. The maximum atomic E-state index is 12.8. The van der Waals surface area contributed by atoms with Gasteiger partial charge in [0.15, 0.2) is 5.54 Å². The van der Waals surface area contributed by atoms with Gasteiger partial charge >= 0.3 is 18.0 Å². The second kappa shape index (κ2) is 16.3. The third-order valence-corrected chi connectivity index (χ3v) is 8.64. The summed E-state index contributed by atoms with van der Waals surface area (Å²) in [5, 5.41) is 28.4. The standard InChI is InChI=1S/C17H20N6O7S.C12H10Cl2N2O4/c1-23(2)15(25)11-6-5-10(18-9-24)7-12(11)31(27,28)22-17(26)21-16-19-13(29-3)8-14(20-16)30-4;1-12(11(19)20)5-8(10(17)18)15-16(12)9-3-2-6(13)4-7(9)14/h5-9H,1-4H3,(H,18,24)(H2,19,20,21,22,26);2-4H,5H2,1H3,(H,17,18)(H,19,20). The highest BCUT2D eigenvalue weighted by atomic mass is 35.5. The molecule has 2 heterocycles. The molecule has 0 bridgehead atoms. The van der Waals surface area contributed by atoms with Gasteiger partial charge in [-0.05, 0) is 43.3 Å². The highest BCUT2D eigenvalue weighted by molar-refractivity contribution is 7.90. The predicted octanol–water partition coefficient (Wildman–Crippen LogP) is 2.76. The number of carboxylic acid groups (broad SMARTS) is 2. The zero-order valence-electron chi connectivity index (χ0n) is 27.3. The number of aliphatic carboxylic acids is 2. The zero-order chi connectivity index (χ0) is 38.3. The number of anilines is 3. The van der Waals surface area contributed by atoms with Crippen molar-refractivity contribution in [3.05, 3.63) is 58.1 Å². The second-order valence-corrected chi connectivity index (χ2v) is 13.0. The van der Waals surface area contributed by atoms with Gasteiger partial charge in [-0.3, -0.25) is 14.9 Å². The number of benzene rings is 2. The van der Waals surface area contributed by atoms with Crippen molar-refractivity contribution in [3.63, 3.8) is 0 Å². The van der Waals surface area contributed by atoms with E-state index >= 15 is 0 Å². The molecule has 272 valence electrons. The van der Waals surface area contributed by atoms with Crippen LogP contribution in [0.25, 0.3) is 0 Å². The molecule has 1 aliphatic heterocycles. The molecule has 2 aromatic carbocycles. The summed E-state index contributed by atoms with van der Waals surface area (Å²) in [6.07, 6.45) is 0.115. The number of hydrogen-bond acceptors (Lipinski definition) is 13. The van der Waals surface area contributed by atoms with Gasteiger partial charge in [0.25, 0.3) is 15.9 Å². The lowest BCUT2D eigenvalue weighted by atomic mass is 9.95. The molecule has 1 atom stereocenters. The molecule has 3 aromatic rings. The summed E-state index contributed by atoms with van der Waals surface area (Å²) in [7, 11) is 0.991. The van der Waals surface area contributed by atoms with E-state index in [1.165, 1.54) is 71.6 Å². The number of carboxylic acids is 2. The van der Waals surface area contributed by atoms with Crippen molar-refractivity contribution in [3.8, 4) is 11.8 Å². The molecule has 4 amide bonds. The summed E-state index contributed by atoms with van der Waals surface area (Å²) in [5.74, 6) is -3.23. The number of carbonyl (C=O) groups excluding carboxylic acids is 3. The van der Waals surface area contributed by atoms with Crippen molar-refractivity contribution in [1.82, 2.24) is 19.6 Å². The monoisotopic (exact) mass is 768 g/mol. The minimum Gasteiger partial charge on any atom is -0.481 e. The fourth-order valence-corrected chi connectivity index (χ4v) is 5.84. The van der Waals surface area contributed by atoms with Crippen LogP contribution < -0.4 is 29.8 Å². The van der Waals surface area contributed by atoms with E-state index in [0.717, 1.165) is 16.0 Å². The number of carbonyl (C=O) groups is 5. The Balaban J connectivity index is 0.000000302. The normalized spacial score (nSPS) is 15.0. The minimum absolute atomic E-state index is 0.0662. The first-order valence-corrected chi connectivity index (χ1v) is 16.3. The van der Waals surface area contributed by atoms with Crippen molar-refractivity contribution in [2.75, 3.05) is 44.0 Å². The fraction of sp³-hybridized carbons (Fsp3) is 0.241. The number of hydrazone groups is 1. The van der Waals surface area contributed by atoms with Crippen molar-refractivity contribution in [2.24, 2.45) is 5.10 Å². The van der Waals surface area contributed by atoms with E-state index in [4.69, 9.17) is 37.8 Å². The summed E-state index contributed by atoms with van der Waals surface area (Å²) < 4.78 is 37.3. The molecule has 4 rings (SSSR count). The molecule has 0 fully saturated rings. The minimum atomic E-state index is -4.54. The summed E-state index contributed by atoms with van der Waals surface area (Å²) in [6, 6.07) is 8.23. The van der Waals surface area contributed by atoms with Crippen LogP contribution in [0.4, 0.5) is 22.1 Å². The molecule has 1 aromatic heterocycles. The Morgan fingerprint density at radius 1 is 1.00 bits per heavy atom. The van der Waals surface area contributed by atoms with Crippen molar-refractivity contribution < 1.29 is 52.1 Å². The number of aromatic nitrogens is 2. The average Bonchev–Trinajstić information content (AvgIpc) is 3.43. The largest absolute Gasteiger partial charge is 0.481 e. The van der Waals surface area contributed by atoms with Crippen molar-refractivity contribution >= 4 is 86.5 Å². The molecule has 1 aliphatic rings. The number of sulfonamides is 1. The smallest absolute Gasteiger partial charge is 0.352 e. The van der Waals surface area contributed by atoms with Crippen LogP contribution >= 0.6 is 23.2 Å². The Morgan fingerprint density at radius 2 is 1.63 bits per heavy atom. The lowest BCUT2D eigenvalue weighted by Crippen LogP contribution is -2.47. The number of nitrogens with zero attached hydrogens (tertiary/aromatic N) is 5. The molecule has 5 N–H and O–H groups in total. The van der Waals surface area contributed by atoms with E-state index in [0.29, 0.717) is 11.4 Å². The molecule has 0 saturated carbocycles. The Morgan fingerprint density at radius 3 is 2.14 bits per heavy atom. The number of nitrogens with one attached hydrogen (secondary N) is 3. The number of halogens is 2. The third kappa shape index (κ3) is 9.50.